The van der Waals surface area contributed by atoms with E-state index in [1.807, 2.05) is 24.6 Å². The smallest absolute Gasteiger partial charge is 0.190 e. The molecule has 2 rings (SSSR count). The third kappa shape index (κ3) is 5.19. The lowest BCUT2D eigenvalue weighted by atomic mass is 10.3. The van der Waals surface area contributed by atoms with Gasteiger partial charge in [-0.05, 0) is 18.8 Å². The Bertz CT molecular complexity index is 409. The van der Waals surface area contributed by atoms with Gasteiger partial charge in [0.25, 0.3) is 0 Å². The number of guanidine groups is 1. The maximum Gasteiger partial charge on any atom is 0.190 e. The topological polar surface area (TPSA) is 49.3 Å². The lowest BCUT2D eigenvalue weighted by molar-refractivity contribution is 0.684. The molecule has 0 aliphatic heterocycles. The Kier molecular flexibility index (Phi) is 5.63. The molecule has 1 saturated carbocycles. The Hall–Kier alpha value is -1.10. The van der Waals surface area contributed by atoms with Crippen molar-refractivity contribution in [1.82, 2.24) is 15.6 Å². The SMILES string of the molecule is CCc1cnc(CCNC(=NC)NCCC2CC2)s1. The minimum Gasteiger partial charge on any atom is -0.356 e. The third-order valence-corrected chi connectivity index (χ3v) is 4.55. The molecule has 0 unspecified atom stereocenters. The Morgan fingerprint density at radius 2 is 2.21 bits per heavy atom. The largest absolute Gasteiger partial charge is 0.356 e. The standard InChI is InChI=1S/C14H24N4S/c1-3-12-10-18-13(19-12)7-9-17-14(15-2)16-8-6-11-4-5-11/h10-11H,3-9H2,1-2H3,(H2,15,16,17). The minimum absolute atomic E-state index is 0.889. The van der Waals surface area contributed by atoms with Gasteiger partial charge in [-0.25, -0.2) is 4.98 Å². The highest BCUT2D eigenvalue weighted by Crippen LogP contribution is 2.31. The first-order valence-corrected chi connectivity index (χ1v) is 8.01. The quantitative estimate of drug-likeness (QED) is 0.595. The fraction of sp³-hybridized carbons (Fsp3) is 0.714. The molecule has 0 spiro atoms. The van der Waals surface area contributed by atoms with E-state index in [4.69, 9.17) is 0 Å². The van der Waals surface area contributed by atoms with Gasteiger partial charge in [0.15, 0.2) is 5.96 Å². The summed E-state index contributed by atoms with van der Waals surface area (Å²) in [5, 5.41) is 7.92. The van der Waals surface area contributed by atoms with Crippen molar-refractivity contribution in [2.24, 2.45) is 10.9 Å². The number of thiazole rings is 1. The van der Waals surface area contributed by atoms with Crippen molar-refractivity contribution in [2.75, 3.05) is 20.1 Å². The van der Waals surface area contributed by atoms with E-state index in [1.165, 1.54) is 29.1 Å². The lowest BCUT2D eigenvalue weighted by Crippen LogP contribution is -2.38. The van der Waals surface area contributed by atoms with Gasteiger partial charge in [-0.1, -0.05) is 19.8 Å². The normalized spacial score (nSPS) is 15.6. The molecule has 4 nitrogen and oxygen atoms in total. The van der Waals surface area contributed by atoms with E-state index in [-0.39, 0.29) is 0 Å². The van der Waals surface area contributed by atoms with Crippen LogP contribution in [-0.4, -0.2) is 31.1 Å². The van der Waals surface area contributed by atoms with Crippen LogP contribution in [0.15, 0.2) is 11.2 Å². The zero-order chi connectivity index (χ0) is 13.5. The first-order chi connectivity index (χ1) is 9.31. The van der Waals surface area contributed by atoms with Crippen molar-refractivity contribution in [3.63, 3.8) is 0 Å². The van der Waals surface area contributed by atoms with Crippen LogP contribution >= 0.6 is 11.3 Å². The summed E-state index contributed by atoms with van der Waals surface area (Å²) in [4.78, 5) is 10.0. The molecule has 0 radical (unpaired) electrons. The highest BCUT2D eigenvalue weighted by Gasteiger charge is 2.20. The van der Waals surface area contributed by atoms with Gasteiger partial charge in [-0.2, -0.15) is 0 Å². The number of hydrogen-bond acceptors (Lipinski definition) is 3. The van der Waals surface area contributed by atoms with E-state index in [0.717, 1.165) is 37.8 Å². The minimum atomic E-state index is 0.889. The van der Waals surface area contributed by atoms with Crippen LogP contribution < -0.4 is 10.6 Å². The van der Waals surface area contributed by atoms with Crippen LogP contribution in [0.4, 0.5) is 0 Å². The van der Waals surface area contributed by atoms with Crippen molar-refractivity contribution in [3.8, 4) is 0 Å². The maximum absolute atomic E-state index is 4.42. The molecule has 1 aliphatic carbocycles. The molecule has 19 heavy (non-hydrogen) atoms. The Labute approximate surface area is 119 Å². The highest BCUT2D eigenvalue weighted by atomic mass is 32.1. The molecule has 0 amide bonds. The van der Waals surface area contributed by atoms with E-state index in [9.17, 15) is 0 Å². The summed E-state index contributed by atoms with van der Waals surface area (Å²) in [6.07, 6.45) is 8.13. The van der Waals surface area contributed by atoms with Crippen molar-refractivity contribution < 1.29 is 0 Å². The second-order valence-corrected chi connectivity index (χ2v) is 6.18. The molecule has 2 N–H and O–H groups in total. The highest BCUT2D eigenvalue weighted by molar-refractivity contribution is 7.11. The summed E-state index contributed by atoms with van der Waals surface area (Å²) >= 11 is 1.81. The summed E-state index contributed by atoms with van der Waals surface area (Å²) in [5.41, 5.74) is 0. The Morgan fingerprint density at radius 1 is 1.42 bits per heavy atom. The monoisotopic (exact) mass is 280 g/mol. The van der Waals surface area contributed by atoms with E-state index in [0.29, 0.717) is 0 Å². The molecular formula is C14H24N4S. The van der Waals surface area contributed by atoms with Gasteiger partial charge in [-0.3, -0.25) is 4.99 Å². The van der Waals surface area contributed by atoms with Crippen molar-refractivity contribution in [2.45, 2.75) is 39.0 Å². The molecule has 1 aromatic rings. The van der Waals surface area contributed by atoms with Gasteiger partial charge in [-0.15, -0.1) is 11.3 Å². The summed E-state index contributed by atoms with van der Waals surface area (Å²) in [6.45, 7) is 4.09. The fourth-order valence-electron chi connectivity index (χ4n) is 1.94. The van der Waals surface area contributed by atoms with Gasteiger partial charge < -0.3 is 10.6 Å². The van der Waals surface area contributed by atoms with Crippen LogP contribution in [0.1, 0.15) is 36.1 Å². The molecule has 1 aromatic heterocycles. The first kappa shape index (κ1) is 14.3. The average molecular weight is 280 g/mol. The number of aromatic nitrogens is 1. The number of nitrogens with one attached hydrogen (secondary N) is 2. The van der Waals surface area contributed by atoms with E-state index < -0.39 is 0 Å². The maximum atomic E-state index is 4.42. The van der Waals surface area contributed by atoms with E-state index in [1.54, 1.807) is 0 Å². The fourth-order valence-corrected chi connectivity index (χ4v) is 2.80. The van der Waals surface area contributed by atoms with Crippen molar-refractivity contribution in [1.29, 1.82) is 0 Å². The molecule has 0 saturated heterocycles. The summed E-state index contributed by atoms with van der Waals surface area (Å²) in [5.74, 6) is 1.88. The number of aryl methyl sites for hydroxylation is 1. The van der Waals surface area contributed by atoms with Crippen molar-refractivity contribution in [3.05, 3.63) is 16.1 Å². The third-order valence-electron chi connectivity index (χ3n) is 3.35. The number of nitrogens with zero attached hydrogens (tertiary/aromatic N) is 2. The molecule has 1 aliphatic rings. The van der Waals surface area contributed by atoms with Crippen LogP contribution in [0.3, 0.4) is 0 Å². The van der Waals surface area contributed by atoms with E-state index >= 15 is 0 Å². The number of aliphatic imine (C=N–C) groups is 1. The summed E-state index contributed by atoms with van der Waals surface area (Å²) < 4.78 is 0. The molecule has 1 fully saturated rings. The molecule has 0 atom stereocenters. The average Bonchev–Trinajstić information content (AvgIpc) is 3.14. The van der Waals surface area contributed by atoms with Crippen LogP contribution in [-0.2, 0) is 12.8 Å². The molecule has 5 heteroatoms. The molecule has 0 bridgehead atoms. The lowest BCUT2D eigenvalue weighted by Gasteiger charge is -2.10. The van der Waals surface area contributed by atoms with Crippen LogP contribution in [0, 0.1) is 5.92 Å². The second-order valence-electron chi connectivity index (χ2n) is 4.98. The van der Waals surface area contributed by atoms with Gasteiger partial charge >= 0.3 is 0 Å². The van der Waals surface area contributed by atoms with Crippen LogP contribution in [0.25, 0.3) is 0 Å². The van der Waals surface area contributed by atoms with Gasteiger partial charge in [0, 0.05) is 37.6 Å². The van der Waals surface area contributed by atoms with Gasteiger partial charge in [0.1, 0.15) is 0 Å². The van der Waals surface area contributed by atoms with Crippen molar-refractivity contribution >= 4 is 17.3 Å². The molecule has 106 valence electrons. The Morgan fingerprint density at radius 3 is 2.84 bits per heavy atom. The second kappa shape index (κ2) is 7.48. The van der Waals surface area contributed by atoms with Crippen LogP contribution in [0.2, 0.25) is 0 Å². The predicted octanol–water partition coefficient (Wildman–Crippen LogP) is 2.21. The summed E-state index contributed by atoms with van der Waals surface area (Å²) in [6, 6.07) is 0. The first-order valence-electron chi connectivity index (χ1n) is 7.20. The number of rotatable bonds is 7. The van der Waals surface area contributed by atoms with Gasteiger partial charge in [0.2, 0.25) is 0 Å². The number of hydrogen-bond donors (Lipinski definition) is 2. The zero-order valence-corrected chi connectivity index (χ0v) is 12.7. The van der Waals surface area contributed by atoms with E-state index in [2.05, 4.69) is 27.5 Å². The zero-order valence-electron chi connectivity index (χ0n) is 11.9. The summed E-state index contributed by atoms with van der Waals surface area (Å²) in [7, 11) is 1.82. The van der Waals surface area contributed by atoms with Gasteiger partial charge in [0.05, 0.1) is 5.01 Å². The molecule has 0 aromatic carbocycles. The predicted molar refractivity (Wildman–Crippen MR) is 81.9 cm³/mol. The van der Waals surface area contributed by atoms with Crippen LogP contribution in [0.5, 0.6) is 0 Å². The molecule has 1 heterocycles. The molecular weight excluding hydrogens is 256 g/mol. The Balaban J connectivity index is 1.61.